The number of amides is 1. The monoisotopic (exact) mass is 669 g/mol. The van der Waals surface area contributed by atoms with E-state index in [9.17, 15) is 49.0 Å². The van der Waals surface area contributed by atoms with E-state index >= 15 is 0 Å². The van der Waals surface area contributed by atoms with E-state index in [1.54, 1.807) is 0 Å². The van der Waals surface area contributed by atoms with Crippen molar-refractivity contribution >= 4 is 11.9 Å². The topological polar surface area (TPSA) is 214 Å². The lowest BCUT2D eigenvalue weighted by Gasteiger charge is -2.48. The Balaban J connectivity index is 1.60. The summed E-state index contributed by atoms with van der Waals surface area (Å²) in [6, 6.07) is -1.33. The summed E-state index contributed by atoms with van der Waals surface area (Å²) in [5.74, 6) is -3.20. The van der Waals surface area contributed by atoms with Gasteiger partial charge in [-0.1, -0.05) is 38.5 Å². The summed E-state index contributed by atoms with van der Waals surface area (Å²) in [4.78, 5) is 24.6. The van der Waals surface area contributed by atoms with Crippen molar-refractivity contribution in [3.05, 3.63) is 0 Å². The summed E-state index contributed by atoms with van der Waals surface area (Å²) < 4.78 is 58.0. The molecule has 14 atom stereocenters. The number of rotatable bonds is 12. The fourth-order valence-electron chi connectivity index (χ4n) is 7.08. The van der Waals surface area contributed by atoms with Gasteiger partial charge in [-0.05, 0) is 32.1 Å². The smallest absolute Gasteiger partial charge is 0.332 e. The van der Waals surface area contributed by atoms with Crippen molar-refractivity contribution in [1.29, 1.82) is 0 Å². The van der Waals surface area contributed by atoms with Crippen LogP contribution in [0.5, 0.6) is 0 Å². The van der Waals surface area contributed by atoms with Crippen LogP contribution in [0.3, 0.4) is 0 Å². The Morgan fingerprint density at radius 3 is 2.17 bits per heavy atom. The Labute approximate surface area is 266 Å². The Morgan fingerprint density at radius 1 is 0.870 bits per heavy atom. The van der Waals surface area contributed by atoms with Crippen LogP contribution < -0.4 is 5.32 Å². The lowest BCUT2D eigenvalue weighted by atomic mass is 9.84. The predicted molar refractivity (Wildman–Crippen MR) is 152 cm³/mol. The second kappa shape index (κ2) is 16.7. The van der Waals surface area contributed by atoms with Crippen molar-refractivity contribution in [3.8, 4) is 0 Å². The summed E-state index contributed by atoms with van der Waals surface area (Å²) in [5, 5.41) is 64.6. The molecule has 2 aliphatic heterocycles. The summed E-state index contributed by atoms with van der Waals surface area (Å²) in [6.45, 7) is 1.86. The predicted octanol–water partition coefficient (Wildman–Crippen LogP) is 0.0411. The highest BCUT2D eigenvalue weighted by molar-refractivity contribution is 5.73. The van der Waals surface area contributed by atoms with Gasteiger partial charge in [0.2, 0.25) is 12.3 Å². The van der Waals surface area contributed by atoms with Crippen molar-refractivity contribution in [2.75, 3.05) is 6.61 Å². The van der Waals surface area contributed by atoms with E-state index in [2.05, 4.69) is 5.32 Å². The molecule has 4 rings (SSSR count). The minimum atomic E-state index is -2.89. The number of nitrogens with one attached hydrogen (secondary N) is 1. The van der Waals surface area contributed by atoms with Gasteiger partial charge in [0.15, 0.2) is 18.7 Å². The molecule has 2 heterocycles. The molecule has 1 amide bonds. The molecule has 46 heavy (non-hydrogen) atoms. The molecule has 7 N–H and O–H groups in total. The van der Waals surface area contributed by atoms with Gasteiger partial charge in [-0.2, -0.15) is 0 Å². The van der Waals surface area contributed by atoms with Crippen LogP contribution >= 0.6 is 0 Å². The number of carbonyl (C=O) groups is 2. The van der Waals surface area contributed by atoms with Crippen molar-refractivity contribution in [2.24, 2.45) is 11.8 Å². The van der Waals surface area contributed by atoms with E-state index in [4.69, 9.17) is 23.7 Å². The van der Waals surface area contributed by atoms with Gasteiger partial charge in [-0.15, -0.1) is 0 Å². The molecule has 266 valence electrons. The number of carboxylic acid groups (broad SMARTS) is 1. The molecular formula is C30H49F2NO13. The van der Waals surface area contributed by atoms with E-state index in [1.165, 1.54) is 13.8 Å². The molecule has 0 spiro atoms. The van der Waals surface area contributed by atoms with Crippen molar-refractivity contribution in [1.82, 2.24) is 5.32 Å². The zero-order valence-electron chi connectivity index (χ0n) is 26.1. The van der Waals surface area contributed by atoms with Crippen LogP contribution in [0.1, 0.15) is 71.6 Å². The van der Waals surface area contributed by atoms with E-state index in [0.29, 0.717) is 0 Å². The number of aliphatic hydroxyl groups excluding tert-OH is 5. The first-order valence-corrected chi connectivity index (χ1v) is 16.2. The molecule has 2 aliphatic carbocycles. The first kappa shape index (κ1) is 37.2. The maximum Gasteiger partial charge on any atom is 0.332 e. The number of aliphatic hydroxyl groups is 5. The first-order chi connectivity index (χ1) is 21.8. The number of carboxylic acids is 1. The van der Waals surface area contributed by atoms with Crippen LogP contribution in [0.2, 0.25) is 0 Å². The van der Waals surface area contributed by atoms with Gasteiger partial charge >= 0.3 is 5.97 Å². The Bertz CT molecular complexity index is 990. The van der Waals surface area contributed by atoms with Gasteiger partial charge in [0.25, 0.3) is 0 Å². The van der Waals surface area contributed by atoms with Crippen LogP contribution in [0.4, 0.5) is 8.78 Å². The van der Waals surface area contributed by atoms with E-state index < -0.39 is 110 Å². The third kappa shape index (κ3) is 8.89. The Hall–Kier alpha value is -1.60. The molecule has 0 radical (unpaired) electrons. The van der Waals surface area contributed by atoms with Gasteiger partial charge in [0.1, 0.15) is 42.7 Å². The van der Waals surface area contributed by atoms with E-state index in [0.717, 1.165) is 32.1 Å². The number of hydrogen-bond acceptors (Lipinski definition) is 12. The van der Waals surface area contributed by atoms with Gasteiger partial charge in [0.05, 0.1) is 24.9 Å². The molecular weight excluding hydrogens is 620 g/mol. The number of carbonyl (C=O) groups excluding carboxylic acids is 1. The standard InChI is InChI=1S/C30H49F2NO13/c1-13-21(36)23(38)24(39)30(42-13)46-25-16(27(31)32)9-6-10-17(25)44-29-20(33-14(2)35)26(22(37)19(12-34)45-29)43-18(28(40)41)11-15-7-4-3-5-8-15/h13,15-27,29-30,34,36-39H,3-12H2,1-2H3,(H,33,35)(H,40,41)/t13-,16?,17+,18-,19-,20?,21?,22-,23-,24-,25?,26?,29+,30?/m0/s1. The Kier molecular flexibility index (Phi) is 13.5. The second-order valence-corrected chi connectivity index (χ2v) is 13.0. The largest absolute Gasteiger partial charge is 0.479 e. The number of halogens is 2. The summed E-state index contributed by atoms with van der Waals surface area (Å²) in [5.41, 5.74) is 0. The maximum absolute atomic E-state index is 14.3. The molecule has 6 unspecified atom stereocenters. The zero-order chi connectivity index (χ0) is 33.7. The zero-order valence-corrected chi connectivity index (χ0v) is 26.1. The van der Waals surface area contributed by atoms with Crippen molar-refractivity contribution < 1.29 is 72.7 Å². The molecule has 2 saturated carbocycles. The highest BCUT2D eigenvalue weighted by Gasteiger charge is 2.52. The lowest BCUT2D eigenvalue weighted by Crippen LogP contribution is -2.67. The van der Waals surface area contributed by atoms with Crippen LogP contribution in [0, 0.1) is 11.8 Å². The normalized spacial score (nSPS) is 41.7. The van der Waals surface area contributed by atoms with Crippen LogP contribution in [-0.2, 0) is 33.3 Å². The minimum Gasteiger partial charge on any atom is -0.479 e. The first-order valence-electron chi connectivity index (χ1n) is 16.2. The van der Waals surface area contributed by atoms with Gasteiger partial charge < -0.3 is 59.6 Å². The number of hydrogen-bond donors (Lipinski definition) is 7. The fraction of sp³-hybridized carbons (Fsp3) is 0.933. The van der Waals surface area contributed by atoms with Gasteiger partial charge in [-0.3, -0.25) is 4.79 Å². The minimum absolute atomic E-state index is 0.0254. The second-order valence-electron chi connectivity index (χ2n) is 13.0. The molecule has 4 aliphatic rings. The quantitative estimate of drug-likeness (QED) is 0.146. The fourth-order valence-corrected chi connectivity index (χ4v) is 7.08. The van der Waals surface area contributed by atoms with E-state index in [-0.39, 0.29) is 31.6 Å². The third-order valence-electron chi connectivity index (χ3n) is 9.64. The SMILES string of the molecule is CC(=O)NC1C(O[C@@H](CC2CCCCC2)C(=O)O)[C@@H](O)[C@H](CO)O[C@H]1O[C@@H]1CCCC(C(F)F)C1OC1O[C@@H](C)C(O)[C@H](O)[C@@H]1O. The van der Waals surface area contributed by atoms with E-state index in [1.807, 2.05) is 0 Å². The maximum atomic E-state index is 14.3. The van der Waals surface area contributed by atoms with Crippen LogP contribution in [-0.4, -0.2) is 135 Å². The molecule has 2 saturated heterocycles. The van der Waals surface area contributed by atoms with Crippen LogP contribution in [0.25, 0.3) is 0 Å². The third-order valence-corrected chi connectivity index (χ3v) is 9.64. The highest BCUT2D eigenvalue weighted by atomic mass is 19.3. The number of aliphatic carboxylic acids is 1. The number of alkyl halides is 2. The average molecular weight is 670 g/mol. The lowest BCUT2D eigenvalue weighted by molar-refractivity contribution is -0.340. The van der Waals surface area contributed by atoms with Crippen LogP contribution in [0.15, 0.2) is 0 Å². The summed E-state index contributed by atoms with van der Waals surface area (Å²) >= 11 is 0. The molecule has 0 bridgehead atoms. The number of ether oxygens (including phenoxy) is 5. The molecule has 14 nitrogen and oxygen atoms in total. The molecule has 0 aromatic carbocycles. The summed E-state index contributed by atoms with van der Waals surface area (Å²) in [6.07, 6.45) is -15.0. The van der Waals surface area contributed by atoms with Gasteiger partial charge in [0, 0.05) is 12.8 Å². The molecule has 0 aromatic heterocycles. The molecule has 4 fully saturated rings. The Morgan fingerprint density at radius 2 is 1.57 bits per heavy atom. The average Bonchev–Trinajstić information content (AvgIpc) is 3.01. The molecule has 0 aromatic rings. The van der Waals surface area contributed by atoms with Crippen molar-refractivity contribution in [2.45, 2.75) is 158 Å². The highest BCUT2D eigenvalue weighted by Crippen LogP contribution is 2.38. The summed E-state index contributed by atoms with van der Waals surface area (Å²) in [7, 11) is 0. The van der Waals surface area contributed by atoms with Crippen molar-refractivity contribution in [3.63, 3.8) is 0 Å². The molecule has 16 heteroatoms. The van der Waals surface area contributed by atoms with Gasteiger partial charge in [-0.25, -0.2) is 13.6 Å².